The molecule has 0 spiro atoms. The van der Waals surface area contributed by atoms with Gasteiger partial charge in [-0.05, 0) is 49.6 Å². The topological polar surface area (TPSA) is 120 Å². The molecule has 2 aromatic carbocycles. The van der Waals surface area contributed by atoms with E-state index in [4.69, 9.17) is 8.94 Å². The van der Waals surface area contributed by atoms with E-state index in [1.807, 2.05) is 13.8 Å². The van der Waals surface area contributed by atoms with Crippen molar-refractivity contribution in [1.82, 2.24) is 5.16 Å². The van der Waals surface area contributed by atoms with Gasteiger partial charge in [0, 0.05) is 18.2 Å². The molecule has 0 fully saturated rings. The molecule has 0 radical (unpaired) electrons. The number of hydrogen-bond donors (Lipinski definition) is 0. The molecular formula is C23H17N3O6. The Hall–Kier alpha value is -4.27. The highest BCUT2D eigenvalue weighted by atomic mass is 16.6. The monoisotopic (exact) mass is 431 g/mol. The lowest BCUT2D eigenvalue weighted by atomic mass is 9.97. The van der Waals surface area contributed by atoms with E-state index < -0.39 is 16.9 Å². The normalized spacial score (nSPS) is 15.4. The average molecular weight is 431 g/mol. The van der Waals surface area contributed by atoms with Crippen LogP contribution in [0.15, 0.2) is 56.2 Å². The molecule has 5 rings (SSSR count). The second-order valence-corrected chi connectivity index (χ2v) is 7.83. The fourth-order valence-electron chi connectivity index (χ4n) is 4.05. The number of benzene rings is 2. The zero-order chi connectivity index (χ0) is 22.7. The molecule has 0 bridgehead atoms. The van der Waals surface area contributed by atoms with Crippen molar-refractivity contribution in [2.24, 2.45) is 0 Å². The molecule has 0 N–H and O–H groups in total. The van der Waals surface area contributed by atoms with Crippen LogP contribution in [-0.4, -0.2) is 16.0 Å². The van der Waals surface area contributed by atoms with Crippen molar-refractivity contribution in [2.75, 3.05) is 4.90 Å². The third-order valence-electron chi connectivity index (χ3n) is 5.75. The number of non-ortho nitro benzene ring substituents is 1. The SMILES string of the molecule is Cc1cc(N2C(=O)c3oc4cc(C)c(C)cc4c(=O)c3C2c2cccc([N+](=O)[O-])c2)no1. The molecule has 3 heterocycles. The number of fused-ring (bicyclic) bond motifs is 2. The highest BCUT2D eigenvalue weighted by Gasteiger charge is 2.45. The van der Waals surface area contributed by atoms with Gasteiger partial charge in [0.15, 0.2) is 11.2 Å². The second-order valence-electron chi connectivity index (χ2n) is 7.83. The maximum Gasteiger partial charge on any atom is 0.296 e. The van der Waals surface area contributed by atoms with Crippen molar-refractivity contribution in [1.29, 1.82) is 0 Å². The predicted octanol–water partition coefficient (Wildman–Crippen LogP) is 4.36. The van der Waals surface area contributed by atoms with Crippen molar-refractivity contribution >= 4 is 28.4 Å². The van der Waals surface area contributed by atoms with Gasteiger partial charge in [0.25, 0.3) is 11.6 Å². The van der Waals surface area contributed by atoms with E-state index in [0.717, 1.165) is 11.1 Å². The standard InChI is InChI=1S/C23H17N3O6/c1-11-7-16-17(8-12(11)2)31-22-19(21(16)27)20(14-5-4-6-15(10-14)26(29)30)25(23(22)28)18-9-13(3)32-24-18/h4-10,20H,1-3H3. The number of carbonyl (C=O) groups excluding carboxylic acids is 1. The number of aryl methyl sites for hydroxylation is 3. The Labute approximate surface area is 181 Å². The molecule has 32 heavy (non-hydrogen) atoms. The molecule has 2 aromatic heterocycles. The fourth-order valence-corrected chi connectivity index (χ4v) is 4.05. The first kappa shape index (κ1) is 19.7. The lowest BCUT2D eigenvalue weighted by molar-refractivity contribution is -0.384. The van der Waals surface area contributed by atoms with Crippen LogP contribution in [-0.2, 0) is 0 Å². The number of anilines is 1. The minimum atomic E-state index is -0.954. The number of nitrogens with zero attached hydrogens (tertiary/aromatic N) is 3. The molecule has 9 heteroatoms. The summed E-state index contributed by atoms with van der Waals surface area (Å²) in [5, 5.41) is 15.6. The smallest absolute Gasteiger partial charge is 0.296 e. The molecule has 1 amide bonds. The van der Waals surface area contributed by atoms with Crippen molar-refractivity contribution in [3.63, 3.8) is 0 Å². The first-order valence-electron chi connectivity index (χ1n) is 9.85. The van der Waals surface area contributed by atoms with Crippen LogP contribution in [0.2, 0.25) is 0 Å². The van der Waals surface area contributed by atoms with Crippen LogP contribution in [0.5, 0.6) is 0 Å². The second kappa shape index (κ2) is 6.88. The van der Waals surface area contributed by atoms with Crippen molar-refractivity contribution in [3.8, 4) is 0 Å². The molecule has 9 nitrogen and oxygen atoms in total. The van der Waals surface area contributed by atoms with Crippen LogP contribution in [0.4, 0.5) is 11.5 Å². The Balaban J connectivity index is 1.83. The molecule has 0 saturated carbocycles. The zero-order valence-electron chi connectivity index (χ0n) is 17.4. The minimum absolute atomic E-state index is 0.108. The van der Waals surface area contributed by atoms with Gasteiger partial charge in [0.2, 0.25) is 5.76 Å². The van der Waals surface area contributed by atoms with E-state index in [2.05, 4.69) is 5.16 Å². The highest BCUT2D eigenvalue weighted by Crippen LogP contribution is 2.41. The van der Waals surface area contributed by atoms with Crippen LogP contribution in [0, 0.1) is 30.9 Å². The minimum Gasteiger partial charge on any atom is -0.450 e. The third-order valence-corrected chi connectivity index (χ3v) is 5.75. The van der Waals surface area contributed by atoms with Crippen LogP contribution in [0.25, 0.3) is 11.0 Å². The van der Waals surface area contributed by atoms with Crippen molar-refractivity contribution in [3.05, 3.63) is 96.6 Å². The lowest BCUT2D eigenvalue weighted by Gasteiger charge is -2.22. The molecule has 0 saturated heterocycles. The Morgan fingerprint density at radius 1 is 1.06 bits per heavy atom. The summed E-state index contributed by atoms with van der Waals surface area (Å²) in [5.41, 5.74) is 2.12. The van der Waals surface area contributed by atoms with E-state index in [1.165, 1.54) is 23.1 Å². The number of hydrogen-bond acceptors (Lipinski definition) is 7. The molecule has 4 aromatic rings. The summed E-state index contributed by atoms with van der Waals surface area (Å²) in [5.74, 6) is -0.0200. The van der Waals surface area contributed by atoms with Gasteiger partial charge in [-0.2, -0.15) is 0 Å². The molecule has 1 unspecified atom stereocenters. The van der Waals surface area contributed by atoms with Gasteiger partial charge in [-0.3, -0.25) is 24.6 Å². The number of nitro groups is 1. The first-order valence-corrected chi connectivity index (χ1v) is 9.85. The Morgan fingerprint density at radius 3 is 2.50 bits per heavy atom. The number of amides is 1. The number of rotatable bonds is 3. The fraction of sp³-hybridized carbons (Fsp3) is 0.174. The molecular weight excluding hydrogens is 414 g/mol. The summed E-state index contributed by atoms with van der Waals surface area (Å²) in [6, 6.07) is 9.90. The zero-order valence-corrected chi connectivity index (χ0v) is 17.4. The lowest BCUT2D eigenvalue weighted by Crippen LogP contribution is -2.29. The van der Waals surface area contributed by atoms with E-state index in [0.29, 0.717) is 22.3 Å². The number of aromatic nitrogens is 1. The summed E-state index contributed by atoms with van der Waals surface area (Å²) in [6.45, 7) is 5.45. The van der Waals surface area contributed by atoms with Crippen LogP contribution < -0.4 is 10.3 Å². The summed E-state index contributed by atoms with van der Waals surface area (Å²) in [6.07, 6.45) is 0. The molecule has 1 aliphatic heterocycles. The van der Waals surface area contributed by atoms with E-state index in [-0.39, 0.29) is 28.3 Å². The Bertz CT molecular complexity index is 1500. The van der Waals surface area contributed by atoms with Gasteiger partial charge < -0.3 is 8.94 Å². The third kappa shape index (κ3) is 2.82. The molecule has 0 aliphatic carbocycles. The summed E-state index contributed by atoms with van der Waals surface area (Å²) >= 11 is 0. The molecule has 1 atom stereocenters. The van der Waals surface area contributed by atoms with Gasteiger partial charge in [-0.1, -0.05) is 17.3 Å². The van der Waals surface area contributed by atoms with Crippen LogP contribution in [0.3, 0.4) is 0 Å². The van der Waals surface area contributed by atoms with Crippen LogP contribution >= 0.6 is 0 Å². The van der Waals surface area contributed by atoms with E-state index >= 15 is 0 Å². The Kier molecular flexibility index (Phi) is 4.23. The van der Waals surface area contributed by atoms with Gasteiger partial charge in [0.05, 0.1) is 21.9 Å². The van der Waals surface area contributed by atoms with Crippen LogP contribution in [0.1, 0.15) is 44.6 Å². The summed E-state index contributed by atoms with van der Waals surface area (Å²) < 4.78 is 11.1. The number of carbonyl (C=O) groups is 1. The molecule has 1 aliphatic rings. The largest absolute Gasteiger partial charge is 0.450 e. The van der Waals surface area contributed by atoms with Gasteiger partial charge >= 0.3 is 0 Å². The maximum atomic E-state index is 13.6. The van der Waals surface area contributed by atoms with Crippen molar-refractivity contribution in [2.45, 2.75) is 26.8 Å². The van der Waals surface area contributed by atoms with E-state index in [9.17, 15) is 19.7 Å². The van der Waals surface area contributed by atoms with E-state index in [1.54, 1.807) is 31.2 Å². The first-order chi connectivity index (χ1) is 15.3. The predicted molar refractivity (Wildman–Crippen MR) is 115 cm³/mol. The van der Waals surface area contributed by atoms with Gasteiger partial charge in [-0.15, -0.1) is 0 Å². The van der Waals surface area contributed by atoms with Crippen molar-refractivity contribution < 1.29 is 18.7 Å². The summed E-state index contributed by atoms with van der Waals surface area (Å²) in [4.78, 5) is 39.1. The average Bonchev–Trinajstić information content (AvgIpc) is 3.31. The summed E-state index contributed by atoms with van der Waals surface area (Å²) in [7, 11) is 0. The maximum absolute atomic E-state index is 13.6. The van der Waals surface area contributed by atoms with Gasteiger partial charge in [0.1, 0.15) is 11.3 Å². The quantitative estimate of drug-likeness (QED) is 0.349. The Morgan fingerprint density at radius 2 is 1.81 bits per heavy atom. The van der Waals surface area contributed by atoms with Gasteiger partial charge in [-0.25, -0.2) is 0 Å². The molecule has 160 valence electrons. The highest BCUT2D eigenvalue weighted by molar-refractivity contribution is 6.10. The number of nitro benzene ring substituents is 1.